The van der Waals surface area contributed by atoms with Crippen LogP contribution in [0.15, 0.2) is 0 Å². The molecule has 98 valence electrons. The molecule has 2 rings (SSSR count). The predicted molar refractivity (Wildman–Crippen MR) is 69.8 cm³/mol. The molecular weight excluding hydrogens is 212 g/mol. The predicted octanol–water partition coefficient (Wildman–Crippen LogP) is 2.21. The third-order valence-electron chi connectivity index (χ3n) is 4.47. The number of nitrogens with one attached hydrogen (secondary N) is 2. The molecule has 17 heavy (non-hydrogen) atoms. The van der Waals surface area contributed by atoms with Crippen LogP contribution >= 0.6 is 0 Å². The Morgan fingerprint density at radius 2 is 2.18 bits per heavy atom. The fourth-order valence-electron chi connectivity index (χ4n) is 3.17. The summed E-state index contributed by atoms with van der Waals surface area (Å²) in [5.74, 6) is 0.249. The molecule has 0 aromatic heterocycles. The van der Waals surface area contributed by atoms with E-state index < -0.39 is 0 Å². The SMILES string of the molecule is CC1(C)CCCC1NC(=O)CCC1CCCN1. The second kappa shape index (κ2) is 5.38. The summed E-state index contributed by atoms with van der Waals surface area (Å²) in [4.78, 5) is 11.9. The smallest absolute Gasteiger partial charge is 0.220 e. The minimum absolute atomic E-state index is 0.249. The molecule has 3 heteroatoms. The van der Waals surface area contributed by atoms with Gasteiger partial charge >= 0.3 is 0 Å². The molecule has 1 saturated carbocycles. The van der Waals surface area contributed by atoms with Crippen LogP contribution in [0.25, 0.3) is 0 Å². The number of carbonyl (C=O) groups excluding carboxylic acids is 1. The Bertz CT molecular complexity index is 269. The maximum Gasteiger partial charge on any atom is 0.220 e. The molecule has 1 aliphatic heterocycles. The first-order valence-electron chi connectivity index (χ1n) is 7.11. The Balaban J connectivity index is 1.69. The minimum atomic E-state index is 0.249. The molecule has 0 spiro atoms. The molecule has 2 unspecified atom stereocenters. The van der Waals surface area contributed by atoms with Crippen LogP contribution < -0.4 is 10.6 Å². The summed E-state index contributed by atoms with van der Waals surface area (Å²) in [6.07, 6.45) is 7.83. The Labute approximate surface area is 105 Å². The van der Waals surface area contributed by atoms with Crippen molar-refractivity contribution in [3.05, 3.63) is 0 Å². The zero-order chi connectivity index (χ0) is 12.3. The van der Waals surface area contributed by atoms with E-state index in [1.54, 1.807) is 0 Å². The average molecular weight is 238 g/mol. The van der Waals surface area contributed by atoms with Gasteiger partial charge in [0.1, 0.15) is 0 Å². The van der Waals surface area contributed by atoms with E-state index in [2.05, 4.69) is 24.5 Å². The topological polar surface area (TPSA) is 41.1 Å². The van der Waals surface area contributed by atoms with Gasteiger partial charge in [0.2, 0.25) is 5.91 Å². The third-order valence-corrected chi connectivity index (χ3v) is 4.47. The Morgan fingerprint density at radius 1 is 1.35 bits per heavy atom. The Hall–Kier alpha value is -0.570. The van der Waals surface area contributed by atoms with Gasteiger partial charge in [-0.3, -0.25) is 4.79 Å². The van der Waals surface area contributed by atoms with Crippen molar-refractivity contribution in [2.75, 3.05) is 6.54 Å². The lowest BCUT2D eigenvalue weighted by molar-refractivity contribution is -0.122. The molecule has 1 aliphatic carbocycles. The van der Waals surface area contributed by atoms with Gasteiger partial charge in [-0.2, -0.15) is 0 Å². The Kier molecular flexibility index (Phi) is 4.08. The first kappa shape index (κ1) is 12.9. The van der Waals surface area contributed by atoms with Crippen molar-refractivity contribution < 1.29 is 4.79 Å². The fourth-order valence-corrected chi connectivity index (χ4v) is 3.17. The molecule has 0 radical (unpaired) electrons. The van der Waals surface area contributed by atoms with E-state index in [0.29, 0.717) is 23.9 Å². The fraction of sp³-hybridized carbons (Fsp3) is 0.929. The van der Waals surface area contributed by atoms with Gasteiger partial charge in [-0.1, -0.05) is 20.3 Å². The maximum atomic E-state index is 11.9. The van der Waals surface area contributed by atoms with Gasteiger partial charge in [-0.05, 0) is 44.1 Å². The number of amides is 1. The summed E-state index contributed by atoms with van der Waals surface area (Å²) in [7, 11) is 0. The van der Waals surface area contributed by atoms with E-state index in [4.69, 9.17) is 0 Å². The third kappa shape index (κ3) is 3.44. The zero-order valence-electron chi connectivity index (χ0n) is 11.2. The average Bonchev–Trinajstić information content (AvgIpc) is 2.86. The van der Waals surface area contributed by atoms with Gasteiger partial charge in [-0.25, -0.2) is 0 Å². The summed E-state index contributed by atoms with van der Waals surface area (Å²) in [6, 6.07) is 0.976. The van der Waals surface area contributed by atoms with Crippen molar-refractivity contribution in [3.8, 4) is 0 Å². The van der Waals surface area contributed by atoms with Crippen molar-refractivity contribution in [2.24, 2.45) is 5.41 Å². The van der Waals surface area contributed by atoms with Gasteiger partial charge in [0.25, 0.3) is 0 Å². The van der Waals surface area contributed by atoms with Gasteiger partial charge in [-0.15, -0.1) is 0 Å². The van der Waals surface area contributed by atoms with Crippen molar-refractivity contribution in [1.29, 1.82) is 0 Å². The molecule has 0 bridgehead atoms. The molecule has 2 atom stereocenters. The molecular formula is C14H26N2O. The second-order valence-electron chi connectivity index (χ2n) is 6.33. The summed E-state index contributed by atoms with van der Waals surface area (Å²) >= 11 is 0. The highest BCUT2D eigenvalue weighted by molar-refractivity contribution is 5.76. The summed E-state index contributed by atoms with van der Waals surface area (Å²) in [6.45, 7) is 5.66. The van der Waals surface area contributed by atoms with Crippen LogP contribution in [0.5, 0.6) is 0 Å². The maximum absolute atomic E-state index is 11.9. The number of hydrogen-bond donors (Lipinski definition) is 2. The van der Waals surface area contributed by atoms with E-state index in [9.17, 15) is 4.79 Å². The standard InChI is InChI=1S/C14H26N2O/c1-14(2)9-3-6-12(14)16-13(17)8-7-11-5-4-10-15-11/h11-12,15H,3-10H2,1-2H3,(H,16,17). The highest BCUT2D eigenvalue weighted by atomic mass is 16.1. The molecule has 2 N–H and O–H groups in total. The van der Waals surface area contributed by atoms with Gasteiger partial charge < -0.3 is 10.6 Å². The second-order valence-corrected chi connectivity index (χ2v) is 6.33. The van der Waals surface area contributed by atoms with E-state index in [1.807, 2.05) is 0 Å². The molecule has 0 aromatic rings. The van der Waals surface area contributed by atoms with Crippen LogP contribution in [0.1, 0.15) is 58.8 Å². The van der Waals surface area contributed by atoms with Crippen LogP contribution in [0, 0.1) is 5.41 Å². The molecule has 2 aliphatic rings. The molecule has 1 heterocycles. The van der Waals surface area contributed by atoms with Gasteiger partial charge in [0.05, 0.1) is 0 Å². The lowest BCUT2D eigenvalue weighted by Gasteiger charge is -2.28. The largest absolute Gasteiger partial charge is 0.353 e. The monoisotopic (exact) mass is 238 g/mol. The lowest BCUT2D eigenvalue weighted by Crippen LogP contribution is -2.41. The number of carbonyl (C=O) groups is 1. The summed E-state index contributed by atoms with van der Waals surface area (Å²) in [5, 5.41) is 6.67. The lowest BCUT2D eigenvalue weighted by atomic mass is 9.87. The normalized spacial score (nSPS) is 31.6. The van der Waals surface area contributed by atoms with Crippen LogP contribution in [-0.4, -0.2) is 24.5 Å². The molecule has 1 amide bonds. The summed E-state index contributed by atoms with van der Waals surface area (Å²) in [5.41, 5.74) is 0.293. The van der Waals surface area contributed by atoms with Crippen molar-refractivity contribution in [2.45, 2.75) is 70.9 Å². The quantitative estimate of drug-likeness (QED) is 0.788. The van der Waals surface area contributed by atoms with Gasteiger partial charge in [0, 0.05) is 18.5 Å². The van der Waals surface area contributed by atoms with Crippen molar-refractivity contribution >= 4 is 5.91 Å². The summed E-state index contributed by atoms with van der Waals surface area (Å²) < 4.78 is 0. The van der Waals surface area contributed by atoms with Crippen molar-refractivity contribution in [3.63, 3.8) is 0 Å². The first-order valence-corrected chi connectivity index (χ1v) is 7.11. The number of rotatable bonds is 4. The molecule has 2 fully saturated rings. The van der Waals surface area contributed by atoms with Crippen LogP contribution in [-0.2, 0) is 4.79 Å². The van der Waals surface area contributed by atoms with Crippen molar-refractivity contribution in [1.82, 2.24) is 10.6 Å². The van der Waals surface area contributed by atoms with E-state index in [0.717, 1.165) is 19.4 Å². The van der Waals surface area contributed by atoms with E-state index in [1.165, 1.54) is 25.7 Å². The van der Waals surface area contributed by atoms with E-state index >= 15 is 0 Å². The van der Waals surface area contributed by atoms with Crippen LogP contribution in [0.4, 0.5) is 0 Å². The zero-order valence-corrected chi connectivity index (χ0v) is 11.2. The van der Waals surface area contributed by atoms with Gasteiger partial charge in [0.15, 0.2) is 0 Å². The first-order chi connectivity index (χ1) is 8.08. The minimum Gasteiger partial charge on any atom is -0.353 e. The molecule has 1 saturated heterocycles. The Morgan fingerprint density at radius 3 is 2.76 bits per heavy atom. The molecule has 0 aromatic carbocycles. The van der Waals surface area contributed by atoms with Crippen LogP contribution in [0.3, 0.4) is 0 Å². The molecule has 3 nitrogen and oxygen atoms in total. The van der Waals surface area contributed by atoms with Crippen LogP contribution in [0.2, 0.25) is 0 Å². The van der Waals surface area contributed by atoms with E-state index in [-0.39, 0.29) is 5.91 Å². The number of hydrogen-bond acceptors (Lipinski definition) is 2. The highest BCUT2D eigenvalue weighted by Gasteiger charge is 2.35. The highest BCUT2D eigenvalue weighted by Crippen LogP contribution is 2.37.